The van der Waals surface area contributed by atoms with Gasteiger partial charge in [0.25, 0.3) is 0 Å². The monoisotopic (exact) mass is 245 g/mol. The third kappa shape index (κ3) is 5.55. The molecule has 16 heavy (non-hydrogen) atoms. The molecule has 1 aliphatic rings. The van der Waals surface area contributed by atoms with Crippen molar-refractivity contribution in [2.24, 2.45) is 5.92 Å². The van der Waals surface area contributed by atoms with Crippen LogP contribution >= 0.6 is 11.8 Å². The Hall–Kier alpha value is 0.270. The molecule has 1 fully saturated rings. The van der Waals surface area contributed by atoms with Crippen molar-refractivity contribution in [3.63, 3.8) is 0 Å². The molecule has 1 N–H and O–H groups in total. The van der Waals surface area contributed by atoms with E-state index in [0.717, 1.165) is 25.6 Å². The summed E-state index contributed by atoms with van der Waals surface area (Å²) in [7, 11) is 0. The summed E-state index contributed by atoms with van der Waals surface area (Å²) < 4.78 is 5.75. The van der Waals surface area contributed by atoms with Crippen LogP contribution in [0.4, 0.5) is 0 Å². The summed E-state index contributed by atoms with van der Waals surface area (Å²) in [6.45, 7) is 8.53. The van der Waals surface area contributed by atoms with Crippen molar-refractivity contribution < 1.29 is 4.74 Å². The molecule has 0 aromatic rings. The SMILES string of the molecule is CCOC(CCNC1CCSCC1)C(C)C. The van der Waals surface area contributed by atoms with Gasteiger partial charge in [0.1, 0.15) is 0 Å². The van der Waals surface area contributed by atoms with Crippen LogP contribution in [0.5, 0.6) is 0 Å². The Kier molecular flexibility index (Phi) is 7.50. The molecule has 1 saturated heterocycles. The second kappa shape index (κ2) is 8.37. The number of rotatable bonds is 7. The fraction of sp³-hybridized carbons (Fsp3) is 1.00. The fourth-order valence-electron chi connectivity index (χ4n) is 2.15. The quantitative estimate of drug-likeness (QED) is 0.745. The lowest BCUT2D eigenvalue weighted by molar-refractivity contribution is 0.0246. The standard InChI is InChI=1S/C13H27NOS/c1-4-15-13(11(2)3)5-8-14-12-6-9-16-10-7-12/h11-14H,4-10H2,1-3H3. The molecular weight excluding hydrogens is 218 g/mol. The second-order valence-corrected chi connectivity index (χ2v) is 6.09. The molecule has 3 heteroatoms. The van der Waals surface area contributed by atoms with Crippen molar-refractivity contribution in [1.29, 1.82) is 0 Å². The summed E-state index contributed by atoms with van der Waals surface area (Å²) in [6, 6.07) is 0.760. The van der Waals surface area contributed by atoms with Gasteiger partial charge in [-0.2, -0.15) is 11.8 Å². The molecular formula is C13H27NOS. The third-order valence-electron chi connectivity index (χ3n) is 3.21. The van der Waals surface area contributed by atoms with E-state index in [9.17, 15) is 0 Å². The molecule has 0 aromatic heterocycles. The highest BCUT2D eigenvalue weighted by Crippen LogP contribution is 2.17. The van der Waals surface area contributed by atoms with Gasteiger partial charge in [0.2, 0.25) is 0 Å². The van der Waals surface area contributed by atoms with E-state index in [-0.39, 0.29) is 0 Å². The smallest absolute Gasteiger partial charge is 0.0609 e. The lowest BCUT2D eigenvalue weighted by Gasteiger charge is -2.25. The van der Waals surface area contributed by atoms with Crippen molar-refractivity contribution in [1.82, 2.24) is 5.32 Å². The lowest BCUT2D eigenvalue weighted by atomic mass is 10.0. The van der Waals surface area contributed by atoms with Crippen LogP contribution in [-0.2, 0) is 4.74 Å². The Bertz CT molecular complexity index is 169. The maximum Gasteiger partial charge on any atom is 0.0609 e. The van der Waals surface area contributed by atoms with E-state index in [1.807, 2.05) is 0 Å². The maximum atomic E-state index is 5.75. The molecule has 0 radical (unpaired) electrons. The molecule has 1 rings (SSSR count). The fourth-order valence-corrected chi connectivity index (χ4v) is 3.26. The molecule has 0 bridgehead atoms. The summed E-state index contributed by atoms with van der Waals surface area (Å²) in [5, 5.41) is 3.67. The Balaban J connectivity index is 2.11. The second-order valence-electron chi connectivity index (χ2n) is 4.87. The summed E-state index contributed by atoms with van der Waals surface area (Å²) >= 11 is 2.09. The van der Waals surface area contributed by atoms with Crippen LogP contribution in [0.2, 0.25) is 0 Å². The first kappa shape index (κ1) is 14.3. The highest BCUT2D eigenvalue weighted by molar-refractivity contribution is 7.99. The molecule has 1 atom stereocenters. The highest BCUT2D eigenvalue weighted by Gasteiger charge is 2.15. The number of ether oxygens (including phenoxy) is 1. The molecule has 96 valence electrons. The van der Waals surface area contributed by atoms with Crippen LogP contribution in [0.1, 0.15) is 40.0 Å². The van der Waals surface area contributed by atoms with Gasteiger partial charge in [-0.15, -0.1) is 0 Å². The topological polar surface area (TPSA) is 21.3 Å². The molecule has 0 aromatic carbocycles. The van der Waals surface area contributed by atoms with E-state index < -0.39 is 0 Å². The summed E-state index contributed by atoms with van der Waals surface area (Å²) in [5.74, 6) is 3.29. The number of hydrogen-bond donors (Lipinski definition) is 1. The molecule has 0 aliphatic carbocycles. The van der Waals surface area contributed by atoms with Gasteiger partial charge in [0, 0.05) is 12.6 Å². The normalized spacial score (nSPS) is 20.2. The first-order valence-corrected chi connectivity index (χ1v) is 7.82. The number of thioether (sulfide) groups is 1. The van der Waals surface area contributed by atoms with Gasteiger partial charge in [0.05, 0.1) is 6.10 Å². The first-order chi connectivity index (χ1) is 7.74. The minimum Gasteiger partial charge on any atom is -0.378 e. The zero-order chi connectivity index (χ0) is 11.8. The molecule has 0 amide bonds. The van der Waals surface area contributed by atoms with Gasteiger partial charge in [-0.1, -0.05) is 13.8 Å². The molecule has 1 unspecified atom stereocenters. The van der Waals surface area contributed by atoms with Crippen molar-refractivity contribution in [3.05, 3.63) is 0 Å². The zero-order valence-corrected chi connectivity index (χ0v) is 11.8. The van der Waals surface area contributed by atoms with Gasteiger partial charge in [-0.3, -0.25) is 0 Å². The predicted octanol–water partition coefficient (Wildman–Crippen LogP) is 2.92. The lowest BCUT2D eigenvalue weighted by Crippen LogP contribution is -2.35. The summed E-state index contributed by atoms with van der Waals surface area (Å²) in [5.41, 5.74) is 0. The maximum absolute atomic E-state index is 5.75. The average Bonchev–Trinajstić information content (AvgIpc) is 2.29. The Morgan fingerprint density at radius 2 is 2.00 bits per heavy atom. The minimum atomic E-state index is 0.426. The molecule has 0 spiro atoms. The number of nitrogens with one attached hydrogen (secondary N) is 1. The summed E-state index contributed by atoms with van der Waals surface area (Å²) in [4.78, 5) is 0. The first-order valence-electron chi connectivity index (χ1n) is 6.66. The van der Waals surface area contributed by atoms with Crippen molar-refractivity contribution in [2.45, 2.75) is 52.2 Å². The molecule has 0 saturated carbocycles. The van der Waals surface area contributed by atoms with E-state index >= 15 is 0 Å². The van der Waals surface area contributed by atoms with Gasteiger partial charge < -0.3 is 10.1 Å². The van der Waals surface area contributed by atoms with Crippen LogP contribution in [0.15, 0.2) is 0 Å². The van der Waals surface area contributed by atoms with Gasteiger partial charge >= 0.3 is 0 Å². The Morgan fingerprint density at radius 1 is 1.31 bits per heavy atom. The van der Waals surface area contributed by atoms with Crippen LogP contribution in [0.3, 0.4) is 0 Å². The van der Waals surface area contributed by atoms with E-state index in [4.69, 9.17) is 4.74 Å². The van der Waals surface area contributed by atoms with Crippen molar-refractivity contribution >= 4 is 11.8 Å². The van der Waals surface area contributed by atoms with Crippen LogP contribution in [0, 0.1) is 5.92 Å². The summed E-state index contributed by atoms with van der Waals surface area (Å²) in [6.07, 6.45) is 4.25. The van der Waals surface area contributed by atoms with Crippen molar-refractivity contribution in [3.8, 4) is 0 Å². The Morgan fingerprint density at radius 3 is 2.56 bits per heavy atom. The van der Waals surface area contributed by atoms with Crippen LogP contribution < -0.4 is 5.32 Å². The van der Waals surface area contributed by atoms with E-state index in [1.165, 1.54) is 24.3 Å². The van der Waals surface area contributed by atoms with E-state index in [2.05, 4.69) is 37.8 Å². The molecule has 1 aliphatic heterocycles. The van der Waals surface area contributed by atoms with E-state index in [0.29, 0.717) is 12.0 Å². The zero-order valence-electron chi connectivity index (χ0n) is 11.0. The number of hydrogen-bond acceptors (Lipinski definition) is 3. The minimum absolute atomic E-state index is 0.426. The van der Waals surface area contributed by atoms with Gasteiger partial charge in [-0.25, -0.2) is 0 Å². The van der Waals surface area contributed by atoms with Gasteiger partial charge in [-0.05, 0) is 50.2 Å². The Labute approximate surface area is 105 Å². The average molecular weight is 245 g/mol. The van der Waals surface area contributed by atoms with Gasteiger partial charge in [0.15, 0.2) is 0 Å². The largest absolute Gasteiger partial charge is 0.378 e. The third-order valence-corrected chi connectivity index (χ3v) is 4.26. The van der Waals surface area contributed by atoms with E-state index in [1.54, 1.807) is 0 Å². The highest BCUT2D eigenvalue weighted by atomic mass is 32.2. The molecule has 1 heterocycles. The molecule has 2 nitrogen and oxygen atoms in total. The predicted molar refractivity (Wildman–Crippen MR) is 73.2 cm³/mol. The van der Waals surface area contributed by atoms with Crippen LogP contribution in [0.25, 0.3) is 0 Å². The van der Waals surface area contributed by atoms with Crippen molar-refractivity contribution in [2.75, 3.05) is 24.7 Å². The van der Waals surface area contributed by atoms with Crippen LogP contribution in [-0.4, -0.2) is 36.8 Å².